The third-order valence-electron chi connectivity index (χ3n) is 10.8. The number of ketones is 1. The van der Waals surface area contributed by atoms with Crippen molar-refractivity contribution in [1.82, 2.24) is 4.90 Å². The van der Waals surface area contributed by atoms with Crippen molar-refractivity contribution in [3.8, 4) is 0 Å². The number of carbonyl (C=O) groups excluding carboxylic acids is 1. The number of nitrogens with zero attached hydrogens (tertiary/aromatic N) is 1. The zero-order chi connectivity index (χ0) is 17.8. The molecule has 2 spiro atoms. The third-order valence-corrected chi connectivity index (χ3v) is 10.8. The second-order valence-electron chi connectivity index (χ2n) is 10.8. The molecule has 11 atom stereocenters. The van der Waals surface area contributed by atoms with Crippen LogP contribution in [-0.2, 0) is 9.53 Å². The van der Waals surface area contributed by atoms with E-state index < -0.39 is 6.10 Å². The van der Waals surface area contributed by atoms with Gasteiger partial charge >= 0.3 is 0 Å². The largest absolute Gasteiger partial charge is 0.388 e. The summed E-state index contributed by atoms with van der Waals surface area (Å²) >= 11 is 0. The molecule has 140 valence electrons. The van der Waals surface area contributed by atoms with Crippen LogP contribution in [0.1, 0.15) is 46.0 Å². The van der Waals surface area contributed by atoms with Crippen molar-refractivity contribution in [3.63, 3.8) is 0 Å². The van der Waals surface area contributed by atoms with E-state index in [0.717, 1.165) is 25.0 Å². The van der Waals surface area contributed by atoms with Gasteiger partial charge in [0.15, 0.2) is 0 Å². The van der Waals surface area contributed by atoms with Gasteiger partial charge in [0.05, 0.1) is 12.2 Å². The van der Waals surface area contributed by atoms with E-state index in [1.54, 1.807) is 0 Å². The van der Waals surface area contributed by atoms with E-state index in [1.807, 2.05) is 0 Å². The summed E-state index contributed by atoms with van der Waals surface area (Å²) in [6.45, 7) is 9.94. The molecule has 0 radical (unpaired) electrons. The van der Waals surface area contributed by atoms with Crippen molar-refractivity contribution in [2.45, 2.75) is 70.4 Å². The normalized spacial score (nSPS) is 66.7. The quantitative estimate of drug-likeness (QED) is 0.734. The Morgan fingerprint density at radius 2 is 2.19 bits per heavy atom. The van der Waals surface area contributed by atoms with E-state index in [-0.39, 0.29) is 28.4 Å². The molecule has 9 fully saturated rings. The number of rotatable bonds is 1. The first kappa shape index (κ1) is 15.2. The number of aliphatic hydroxyl groups is 1. The molecule has 4 heteroatoms. The van der Waals surface area contributed by atoms with Gasteiger partial charge in [-0.05, 0) is 55.6 Å². The Morgan fingerprint density at radius 3 is 2.96 bits per heavy atom. The minimum atomic E-state index is -0.487. The number of hydrogen-bond donors (Lipinski definition) is 1. The molecule has 4 nitrogen and oxygen atoms in total. The van der Waals surface area contributed by atoms with Gasteiger partial charge in [-0.1, -0.05) is 20.4 Å². The molecule has 26 heavy (non-hydrogen) atoms. The molecule has 9 bridgehead atoms. The van der Waals surface area contributed by atoms with Gasteiger partial charge in [-0.25, -0.2) is 0 Å². The lowest BCUT2D eigenvalue weighted by atomic mass is 9.41. The summed E-state index contributed by atoms with van der Waals surface area (Å²) in [4.78, 5) is 15.7. The predicted molar refractivity (Wildman–Crippen MR) is 95.0 cm³/mol. The van der Waals surface area contributed by atoms with Gasteiger partial charge in [0.2, 0.25) is 0 Å². The summed E-state index contributed by atoms with van der Waals surface area (Å²) in [5.41, 5.74) is 1.03. The molecule has 4 heterocycles. The van der Waals surface area contributed by atoms with Crippen LogP contribution in [0.15, 0.2) is 12.2 Å². The second kappa shape index (κ2) is 4.01. The molecular formula is C22H29NO3. The van der Waals surface area contributed by atoms with Crippen LogP contribution in [0.25, 0.3) is 0 Å². The van der Waals surface area contributed by atoms with Gasteiger partial charge in [-0.3, -0.25) is 9.69 Å². The lowest BCUT2D eigenvalue weighted by molar-refractivity contribution is -0.370. The van der Waals surface area contributed by atoms with E-state index in [2.05, 4.69) is 25.3 Å². The van der Waals surface area contributed by atoms with Gasteiger partial charge < -0.3 is 9.84 Å². The molecule has 5 aliphatic carbocycles. The zero-order valence-electron chi connectivity index (χ0n) is 15.8. The molecule has 4 saturated heterocycles. The molecule has 9 aliphatic rings. The van der Waals surface area contributed by atoms with Crippen LogP contribution in [-0.4, -0.2) is 46.8 Å². The topological polar surface area (TPSA) is 49.8 Å². The molecule has 0 aromatic carbocycles. The van der Waals surface area contributed by atoms with Crippen molar-refractivity contribution >= 4 is 5.78 Å². The highest BCUT2D eigenvalue weighted by Crippen LogP contribution is 2.86. The fourth-order valence-electron chi connectivity index (χ4n) is 10.3. The number of Topliss-reactive ketones (excluding diaryl/α,β-unsaturated/α-hetero) is 1. The highest BCUT2D eigenvalue weighted by molar-refractivity contribution is 5.87. The maximum Gasteiger partial charge on any atom is 0.140 e. The number of aliphatic hydroxyl groups excluding tert-OH is 1. The van der Waals surface area contributed by atoms with Crippen LogP contribution in [0.5, 0.6) is 0 Å². The van der Waals surface area contributed by atoms with Gasteiger partial charge in [0.25, 0.3) is 0 Å². The molecule has 0 aromatic rings. The molecule has 2 unspecified atom stereocenters. The van der Waals surface area contributed by atoms with E-state index in [1.165, 1.54) is 12.8 Å². The van der Waals surface area contributed by atoms with E-state index in [9.17, 15) is 9.90 Å². The minimum Gasteiger partial charge on any atom is -0.388 e. The fourth-order valence-corrected chi connectivity index (χ4v) is 10.3. The van der Waals surface area contributed by atoms with Crippen LogP contribution in [0, 0.1) is 39.9 Å². The number of fused-ring (bicyclic) bond motifs is 2. The van der Waals surface area contributed by atoms with E-state index in [4.69, 9.17) is 4.74 Å². The third kappa shape index (κ3) is 1.11. The predicted octanol–water partition coefficient (Wildman–Crippen LogP) is 2.36. The Bertz CT molecular complexity index is 779. The van der Waals surface area contributed by atoms with Gasteiger partial charge in [0.1, 0.15) is 12.0 Å². The summed E-state index contributed by atoms with van der Waals surface area (Å²) < 4.78 is 6.75. The Balaban J connectivity index is 1.52. The Kier molecular flexibility index (Phi) is 2.35. The minimum absolute atomic E-state index is 0.0853. The average Bonchev–Trinajstić information content (AvgIpc) is 3.17. The Hall–Kier alpha value is -0.710. The average molecular weight is 355 g/mol. The lowest BCUT2D eigenvalue weighted by Crippen LogP contribution is -2.78. The molecule has 4 aliphatic heterocycles. The molecule has 0 amide bonds. The number of hydrogen-bond acceptors (Lipinski definition) is 4. The summed E-state index contributed by atoms with van der Waals surface area (Å²) in [7, 11) is 0. The van der Waals surface area contributed by atoms with Crippen LogP contribution in [0.4, 0.5) is 0 Å². The molecule has 5 saturated carbocycles. The van der Waals surface area contributed by atoms with Crippen LogP contribution in [0.2, 0.25) is 0 Å². The summed E-state index contributed by atoms with van der Waals surface area (Å²) in [6, 6.07) is 0.506. The van der Waals surface area contributed by atoms with Crippen molar-refractivity contribution in [2.24, 2.45) is 39.9 Å². The first-order valence-electron chi connectivity index (χ1n) is 10.7. The van der Waals surface area contributed by atoms with Crippen molar-refractivity contribution in [1.29, 1.82) is 0 Å². The first-order chi connectivity index (χ1) is 12.4. The first-order valence-corrected chi connectivity index (χ1v) is 10.7. The van der Waals surface area contributed by atoms with Crippen LogP contribution in [0.3, 0.4) is 0 Å². The number of carbonyl (C=O) groups is 1. The molecule has 9 rings (SSSR count). The Morgan fingerprint density at radius 1 is 1.38 bits per heavy atom. The van der Waals surface area contributed by atoms with Crippen LogP contribution < -0.4 is 0 Å². The van der Waals surface area contributed by atoms with Crippen molar-refractivity contribution < 1.29 is 14.6 Å². The van der Waals surface area contributed by atoms with E-state index >= 15 is 0 Å². The Labute approximate surface area is 155 Å². The molecule has 1 N–H and O–H groups in total. The summed E-state index contributed by atoms with van der Waals surface area (Å²) in [5, 5.41) is 11.4. The van der Waals surface area contributed by atoms with Crippen molar-refractivity contribution in [2.75, 3.05) is 6.54 Å². The zero-order valence-corrected chi connectivity index (χ0v) is 15.8. The monoisotopic (exact) mass is 355 g/mol. The molecule has 0 aromatic heterocycles. The van der Waals surface area contributed by atoms with Gasteiger partial charge in [-0.15, -0.1) is 0 Å². The highest BCUT2D eigenvalue weighted by atomic mass is 16.5. The van der Waals surface area contributed by atoms with Crippen molar-refractivity contribution in [3.05, 3.63) is 12.2 Å². The number of ether oxygens (including phenoxy) is 1. The van der Waals surface area contributed by atoms with Gasteiger partial charge in [-0.2, -0.15) is 0 Å². The lowest BCUT2D eigenvalue weighted by Gasteiger charge is -2.73. The maximum atomic E-state index is 13.0. The van der Waals surface area contributed by atoms with E-state index in [0.29, 0.717) is 42.1 Å². The highest BCUT2D eigenvalue weighted by Gasteiger charge is 2.88. The van der Waals surface area contributed by atoms with Crippen LogP contribution >= 0.6 is 0 Å². The SMILES string of the molecule is C=C1[C@@H]2C[C@@]3([C@@H]1O)[C@@H](CC2=O)[C@@]12C4[C@@H]3C[C@@H]1[C@@]1(C)CC[C@@H]2OC1N4CC. The standard InChI is InChI=1S/C22H29NO3/c1-4-23-17-12-7-14-20(3)6-5-16(26-19(20)23)22(14,17)15-8-13(24)11-9-21(12,15)18(25)10(11)2/h11-12,14-19,25H,2,4-9H2,1,3H3/t11-,12-,14+,15+,16-,17?,18+,19?,20+,21-,22-/m0/s1. The molecular weight excluding hydrogens is 326 g/mol. The fraction of sp³-hybridized carbons (Fsp3) is 0.864. The smallest absolute Gasteiger partial charge is 0.140 e. The maximum absolute atomic E-state index is 13.0. The second-order valence-corrected chi connectivity index (χ2v) is 10.8. The summed E-state index contributed by atoms with van der Waals surface area (Å²) in [6.07, 6.45) is 5.21. The van der Waals surface area contributed by atoms with Gasteiger partial charge in [0, 0.05) is 34.6 Å². The number of piperidine rings is 1. The summed E-state index contributed by atoms with van der Waals surface area (Å²) in [5.74, 6) is 1.74.